The van der Waals surface area contributed by atoms with Gasteiger partial charge >= 0.3 is 6.09 Å². The van der Waals surface area contributed by atoms with E-state index in [-0.39, 0.29) is 11.9 Å². The summed E-state index contributed by atoms with van der Waals surface area (Å²) in [5.41, 5.74) is 0. The highest BCUT2D eigenvalue weighted by Gasteiger charge is 2.49. The van der Waals surface area contributed by atoms with Crippen molar-refractivity contribution in [3.05, 3.63) is 12.3 Å². The summed E-state index contributed by atoms with van der Waals surface area (Å²) in [6.45, 7) is 1.27. The van der Waals surface area contributed by atoms with Crippen LogP contribution in [0.3, 0.4) is 0 Å². The van der Waals surface area contributed by atoms with Crippen molar-refractivity contribution in [1.82, 2.24) is 10.2 Å². The highest BCUT2D eigenvalue weighted by molar-refractivity contribution is 6.65. The van der Waals surface area contributed by atoms with Crippen LogP contribution in [-0.4, -0.2) is 40.2 Å². The topological polar surface area (TPSA) is 53.9 Å². The number of nitrogens with zero attached hydrogens (tertiary/aromatic N) is 2. The molecule has 1 N–H and O–H groups in total. The molecule has 3 atom stereocenters. The Morgan fingerprint density at radius 3 is 3.12 bits per heavy atom. The maximum atomic E-state index is 13.4. The molecule has 94 valence electrons. The fourth-order valence-corrected chi connectivity index (χ4v) is 2.27. The molecular formula is C9H10Cl2FN3O2. The van der Waals surface area contributed by atoms with E-state index in [1.165, 1.54) is 19.2 Å². The van der Waals surface area contributed by atoms with Crippen LogP contribution in [0.15, 0.2) is 17.3 Å². The first-order chi connectivity index (χ1) is 7.94. The average Bonchev–Trinajstić information content (AvgIpc) is 2.60. The van der Waals surface area contributed by atoms with Crippen LogP contribution in [0.2, 0.25) is 0 Å². The molecule has 2 aliphatic heterocycles. The monoisotopic (exact) mass is 281 g/mol. The number of hydrogen-bond acceptors (Lipinski definition) is 4. The zero-order chi connectivity index (χ0) is 12.6. The highest BCUT2D eigenvalue weighted by atomic mass is 35.5. The molecule has 1 saturated heterocycles. The second-order valence-corrected chi connectivity index (χ2v) is 4.62. The predicted octanol–water partition coefficient (Wildman–Crippen LogP) is 1.77. The zero-order valence-corrected chi connectivity index (χ0v) is 10.4. The van der Waals surface area contributed by atoms with Gasteiger partial charge < -0.3 is 10.1 Å². The molecule has 0 aromatic carbocycles. The Balaban J connectivity index is 2.33. The number of carbonyl (C=O) groups excluding carboxylic acids is 1. The molecule has 0 bridgehead atoms. The molecule has 0 spiro atoms. The van der Waals surface area contributed by atoms with Gasteiger partial charge in [-0.1, -0.05) is 11.6 Å². The van der Waals surface area contributed by atoms with Gasteiger partial charge in [0, 0.05) is 6.20 Å². The van der Waals surface area contributed by atoms with Gasteiger partial charge in [0.1, 0.15) is 18.8 Å². The number of aliphatic imine (C=N–C) groups is 1. The lowest BCUT2D eigenvalue weighted by Gasteiger charge is -2.34. The summed E-state index contributed by atoms with van der Waals surface area (Å²) in [6.07, 6.45) is 0.847. The summed E-state index contributed by atoms with van der Waals surface area (Å²) in [5, 5.41) is 1.08. The molecule has 1 fully saturated rings. The summed E-state index contributed by atoms with van der Waals surface area (Å²) in [7, 11) is 0. The summed E-state index contributed by atoms with van der Waals surface area (Å²) >= 11 is 11.9. The maximum Gasteiger partial charge on any atom is 0.413 e. The summed E-state index contributed by atoms with van der Waals surface area (Å²) in [6, 6.07) is -0.782. The molecule has 0 aliphatic carbocycles. The molecule has 0 aromatic heterocycles. The number of cyclic esters (lactones) is 1. The number of rotatable bonds is 2. The van der Waals surface area contributed by atoms with Crippen molar-refractivity contribution < 1.29 is 13.9 Å². The Hall–Kier alpha value is -1.01. The van der Waals surface area contributed by atoms with Crippen LogP contribution in [0, 0.1) is 0 Å². The van der Waals surface area contributed by atoms with E-state index in [4.69, 9.17) is 27.9 Å². The minimum atomic E-state index is -1.54. The number of halogens is 3. The van der Waals surface area contributed by atoms with Crippen LogP contribution in [0.25, 0.3) is 0 Å². The molecule has 2 aliphatic rings. The Labute approximate surface area is 107 Å². The molecule has 1 amide bonds. The Bertz CT molecular complexity index is 402. The minimum Gasteiger partial charge on any atom is -0.447 e. The Morgan fingerprint density at radius 2 is 2.53 bits per heavy atom. The fraction of sp³-hybridized carbons (Fsp3) is 0.556. The second kappa shape index (κ2) is 4.34. The first-order valence-electron chi connectivity index (χ1n) is 4.93. The van der Waals surface area contributed by atoms with Gasteiger partial charge in [-0.05, 0) is 24.6 Å². The van der Waals surface area contributed by atoms with Crippen LogP contribution >= 0.6 is 23.2 Å². The third-order valence-electron chi connectivity index (χ3n) is 2.53. The number of nitrogens with one attached hydrogen (secondary N) is 1. The number of hydrogen-bond donors (Lipinski definition) is 1. The second-order valence-electron chi connectivity index (χ2n) is 3.71. The van der Waals surface area contributed by atoms with E-state index in [0.717, 1.165) is 4.90 Å². The molecule has 1 unspecified atom stereocenters. The van der Waals surface area contributed by atoms with E-state index in [9.17, 15) is 9.18 Å². The number of amides is 1. The molecule has 0 radical (unpaired) electrons. The number of amidine groups is 1. The third kappa shape index (κ3) is 2.19. The van der Waals surface area contributed by atoms with E-state index in [1.807, 2.05) is 0 Å². The van der Waals surface area contributed by atoms with Gasteiger partial charge in [-0.2, -0.15) is 0 Å². The van der Waals surface area contributed by atoms with Crippen molar-refractivity contribution in [2.75, 3.05) is 6.61 Å². The first kappa shape index (κ1) is 12.4. The largest absolute Gasteiger partial charge is 0.447 e. The zero-order valence-electron chi connectivity index (χ0n) is 8.86. The molecule has 2 rings (SSSR count). The van der Waals surface area contributed by atoms with Crippen molar-refractivity contribution in [3.63, 3.8) is 0 Å². The van der Waals surface area contributed by atoms with Gasteiger partial charge in [0.25, 0.3) is 0 Å². The fourth-order valence-electron chi connectivity index (χ4n) is 1.69. The van der Waals surface area contributed by atoms with Crippen LogP contribution in [0.5, 0.6) is 0 Å². The number of alkyl halides is 2. The van der Waals surface area contributed by atoms with Crippen molar-refractivity contribution in [1.29, 1.82) is 0 Å². The third-order valence-corrected chi connectivity index (χ3v) is 3.11. The molecule has 5 nitrogen and oxygen atoms in total. The van der Waals surface area contributed by atoms with E-state index < -0.39 is 23.4 Å². The number of carbonyl (C=O) groups is 1. The Kier molecular flexibility index (Phi) is 3.18. The van der Waals surface area contributed by atoms with Crippen molar-refractivity contribution >= 4 is 34.6 Å². The van der Waals surface area contributed by atoms with E-state index in [2.05, 4.69) is 10.3 Å². The van der Waals surface area contributed by atoms with Gasteiger partial charge in [0.05, 0.1) is 0 Å². The van der Waals surface area contributed by atoms with Crippen molar-refractivity contribution in [2.24, 2.45) is 4.99 Å². The van der Waals surface area contributed by atoms with Crippen LogP contribution in [0.1, 0.15) is 6.92 Å². The smallest absolute Gasteiger partial charge is 0.413 e. The Morgan fingerprint density at radius 1 is 1.82 bits per heavy atom. The van der Waals surface area contributed by atoms with Crippen LogP contribution in [0.4, 0.5) is 9.18 Å². The summed E-state index contributed by atoms with van der Waals surface area (Å²) < 4.78 is 18.2. The SMILES string of the molecule is C[C@H](F)[C@H]1COC(=O)N1C1(Cl)C=CNC(Cl)=N1. The lowest BCUT2D eigenvalue weighted by molar-refractivity contribution is 0.131. The minimum absolute atomic E-state index is 0.0208. The molecule has 17 heavy (non-hydrogen) atoms. The molecule has 8 heteroatoms. The lowest BCUT2D eigenvalue weighted by Crippen LogP contribution is -2.52. The van der Waals surface area contributed by atoms with E-state index in [1.54, 1.807) is 0 Å². The van der Waals surface area contributed by atoms with E-state index >= 15 is 0 Å². The maximum absolute atomic E-state index is 13.4. The molecule has 0 saturated carbocycles. The first-order valence-corrected chi connectivity index (χ1v) is 5.68. The predicted molar refractivity (Wildman–Crippen MR) is 61.7 cm³/mol. The molecular weight excluding hydrogens is 272 g/mol. The molecule has 0 aromatic rings. The highest BCUT2D eigenvalue weighted by Crippen LogP contribution is 2.34. The normalized spacial score (nSPS) is 34.1. The van der Waals surface area contributed by atoms with E-state index in [0.29, 0.717) is 0 Å². The standard InChI is InChI=1S/C9H10Cl2FN3O2/c1-5(12)6-4-17-8(16)15(6)9(11)2-3-13-7(10)14-9/h2-3,5-6H,4H2,1H3,(H,13,14)/t5-,6+,9?/m0/s1. The quantitative estimate of drug-likeness (QED) is 0.620. The van der Waals surface area contributed by atoms with Crippen molar-refractivity contribution in [3.8, 4) is 0 Å². The van der Waals surface area contributed by atoms with Gasteiger partial charge in [0.15, 0.2) is 5.29 Å². The average molecular weight is 282 g/mol. The summed E-state index contributed by atoms with van der Waals surface area (Å²) in [4.78, 5) is 16.5. The van der Waals surface area contributed by atoms with Gasteiger partial charge in [0.2, 0.25) is 5.12 Å². The van der Waals surface area contributed by atoms with Gasteiger partial charge in [-0.15, -0.1) is 0 Å². The molecule has 2 heterocycles. The van der Waals surface area contributed by atoms with Crippen molar-refractivity contribution in [2.45, 2.75) is 24.3 Å². The van der Waals surface area contributed by atoms with Gasteiger partial charge in [-0.25, -0.2) is 14.2 Å². The van der Waals surface area contributed by atoms with Crippen LogP contribution in [-0.2, 0) is 4.74 Å². The van der Waals surface area contributed by atoms with Gasteiger partial charge in [-0.3, -0.25) is 4.90 Å². The van der Waals surface area contributed by atoms with Crippen LogP contribution < -0.4 is 5.32 Å². The summed E-state index contributed by atoms with van der Waals surface area (Å²) in [5.74, 6) is 0. The number of ether oxygens (including phenoxy) is 1. The lowest BCUT2D eigenvalue weighted by atomic mass is 10.2.